The summed E-state index contributed by atoms with van der Waals surface area (Å²) in [6.07, 6.45) is 2.59. The lowest BCUT2D eigenvalue weighted by Gasteiger charge is -2.35. The first kappa shape index (κ1) is 33.9. The number of sulfonamides is 1. The summed E-state index contributed by atoms with van der Waals surface area (Å²) in [6, 6.07) is 0.793. The Morgan fingerprint density at radius 2 is 1.82 bits per heavy atom. The summed E-state index contributed by atoms with van der Waals surface area (Å²) in [5, 5.41) is 14.2. The van der Waals surface area contributed by atoms with Crippen molar-refractivity contribution < 1.29 is 36.6 Å². The zero-order valence-electron chi connectivity index (χ0n) is 24.9. The number of benzene rings is 1. The van der Waals surface area contributed by atoms with Crippen molar-refractivity contribution >= 4 is 50.7 Å². The van der Waals surface area contributed by atoms with Crippen molar-refractivity contribution in [1.29, 1.82) is 0 Å². The Morgan fingerprint density at radius 3 is 2.39 bits per heavy atom. The van der Waals surface area contributed by atoms with Gasteiger partial charge >= 0.3 is 11.9 Å². The van der Waals surface area contributed by atoms with Crippen LogP contribution in [0.5, 0.6) is 0 Å². The zero-order chi connectivity index (χ0) is 32.6. The van der Waals surface area contributed by atoms with E-state index in [2.05, 4.69) is 20.0 Å². The maximum Gasteiger partial charge on any atom is 0.335 e. The van der Waals surface area contributed by atoms with E-state index in [4.69, 9.17) is 16.3 Å². The van der Waals surface area contributed by atoms with E-state index in [-0.39, 0.29) is 36.4 Å². The Balaban J connectivity index is 1.58. The fraction of sp³-hybridized carbons (Fsp3) is 0.517. The predicted octanol–water partition coefficient (Wildman–Crippen LogP) is 5.35. The molecular formula is C29H35ClF2N4O6S2. The molecule has 1 saturated carbocycles. The van der Waals surface area contributed by atoms with Crippen molar-refractivity contribution in [2.24, 2.45) is 16.3 Å². The van der Waals surface area contributed by atoms with Crippen LogP contribution in [0.15, 0.2) is 40.0 Å². The molecule has 1 unspecified atom stereocenters. The number of ether oxygens (including phenoxy) is 1. The zero-order valence-corrected chi connectivity index (χ0v) is 27.3. The van der Waals surface area contributed by atoms with Crippen LogP contribution in [0.25, 0.3) is 0 Å². The number of nitrogens with one attached hydrogen (secondary N) is 2. The smallest absolute Gasteiger partial charge is 0.335 e. The quantitative estimate of drug-likeness (QED) is 0.239. The van der Waals surface area contributed by atoms with Crippen LogP contribution in [0.4, 0.5) is 8.78 Å². The van der Waals surface area contributed by atoms with E-state index >= 15 is 0 Å². The molecule has 0 spiro atoms. The Hall–Kier alpha value is -2.94. The molecule has 1 atom stereocenters. The van der Waals surface area contributed by atoms with Crippen LogP contribution in [-0.2, 0) is 24.3 Å². The van der Waals surface area contributed by atoms with Gasteiger partial charge in [-0.05, 0) is 72.3 Å². The van der Waals surface area contributed by atoms with Crippen LogP contribution >= 0.6 is 22.9 Å². The monoisotopic (exact) mass is 672 g/mol. The second-order valence-corrected chi connectivity index (χ2v) is 15.8. The maximum atomic E-state index is 14.5. The minimum atomic E-state index is -3.83. The molecular weight excluding hydrogens is 638 g/mol. The molecule has 15 heteroatoms. The lowest BCUT2D eigenvalue weighted by Crippen LogP contribution is -2.46. The second kappa shape index (κ2) is 12.8. The number of hydrogen-bond donors (Lipinski definition) is 3. The van der Waals surface area contributed by atoms with E-state index in [1.54, 1.807) is 46.2 Å². The minimum Gasteiger partial charge on any atom is -0.478 e. The lowest BCUT2D eigenvalue weighted by molar-refractivity contribution is -0.165. The molecule has 0 amide bonds. The van der Waals surface area contributed by atoms with Gasteiger partial charge in [-0.3, -0.25) is 9.79 Å². The minimum absolute atomic E-state index is 0.0240. The number of halogens is 3. The summed E-state index contributed by atoms with van der Waals surface area (Å²) in [7, 11) is -3.83. The summed E-state index contributed by atoms with van der Waals surface area (Å²) in [5.41, 5.74) is -1.75. The van der Waals surface area contributed by atoms with Crippen LogP contribution in [0.3, 0.4) is 0 Å². The second-order valence-electron chi connectivity index (χ2n) is 12.5. The fourth-order valence-corrected chi connectivity index (χ4v) is 7.63. The van der Waals surface area contributed by atoms with Crippen molar-refractivity contribution in [3.8, 4) is 0 Å². The number of aliphatic carboxylic acids is 1. The number of amidine groups is 1. The van der Waals surface area contributed by atoms with Crippen LogP contribution < -0.4 is 10.0 Å². The maximum absolute atomic E-state index is 14.5. The Labute approximate surface area is 264 Å². The third kappa shape index (κ3) is 7.47. The summed E-state index contributed by atoms with van der Waals surface area (Å²) in [4.78, 5) is 34.0. The molecule has 1 aromatic heterocycles. The molecule has 1 fully saturated rings. The molecule has 240 valence electrons. The number of carboxylic acids is 1. The third-order valence-corrected chi connectivity index (χ3v) is 10.5. The molecule has 2 aliphatic rings. The first-order valence-electron chi connectivity index (χ1n) is 14.0. The lowest BCUT2D eigenvalue weighted by atomic mass is 9.82. The van der Waals surface area contributed by atoms with E-state index in [1.165, 1.54) is 17.4 Å². The van der Waals surface area contributed by atoms with Crippen molar-refractivity contribution in [1.82, 2.24) is 15.0 Å². The van der Waals surface area contributed by atoms with Crippen molar-refractivity contribution in [3.63, 3.8) is 0 Å². The van der Waals surface area contributed by atoms with Gasteiger partial charge in [-0.25, -0.2) is 31.7 Å². The molecule has 0 bridgehead atoms. The number of esters is 1. The van der Waals surface area contributed by atoms with Gasteiger partial charge in [-0.1, -0.05) is 17.7 Å². The largest absolute Gasteiger partial charge is 0.478 e. The van der Waals surface area contributed by atoms with Gasteiger partial charge in [0, 0.05) is 29.4 Å². The number of carbonyl (C=O) groups is 2. The Kier molecular flexibility index (Phi) is 9.89. The van der Waals surface area contributed by atoms with Crippen molar-refractivity contribution in [2.45, 2.75) is 77.2 Å². The molecule has 10 nitrogen and oxygen atoms in total. The van der Waals surface area contributed by atoms with Crippen molar-refractivity contribution in [2.75, 3.05) is 6.54 Å². The van der Waals surface area contributed by atoms with Gasteiger partial charge in [-0.2, -0.15) is 0 Å². The van der Waals surface area contributed by atoms with Crippen LogP contribution in [0.1, 0.15) is 76.9 Å². The standard InChI is InChI=1S/C29H35ClF2N4O6S2/c1-28(2,3)42-27(39)29(4,5)14-34-44(40,41)16-8-6-15(7-9-16)22-19(26(37)38)23(17-10-11-18(31)21(32)20(17)30)36-24(35-22)25-33-12-13-43-25/h10-13,15-16,23,34H,6-9,14H2,1-5H3,(H,35,36)(H,37,38). The SMILES string of the molecule is CC(C)(C)OC(=O)C(C)(C)CNS(=O)(=O)C1CCC(C2=C(C(=O)O)C(c3ccc(F)c(F)c3Cl)N=C(c3nccs3)N2)CC1. The normalized spacial score (nSPS) is 21.5. The van der Waals surface area contributed by atoms with E-state index in [1.807, 2.05) is 0 Å². The van der Waals surface area contributed by atoms with E-state index in [0.29, 0.717) is 23.5 Å². The van der Waals surface area contributed by atoms with Gasteiger partial charge in [0.1, 0.15) is 11.6 Å². The average Bonchev–Trinajstić information content (AvgIpc) is 3.49. The number of thiazole rings is 1. The highest BCUT2D eigenvalue weighted by molar-refractivity contribution is 7.90. The number of rotatable bonds is 9. The molecule has 4 rings (SSSR count). The van der Waals surface area contributed by atoms with Crippen LogP contribution in [0.2, 0.25) is 5.02 Å². The van der Waals surface area contributed by atoms with E-state index in [9.17, 15) is 31.9 Å². The molecule has 3 N–H and O–H groups in total. The van der Waals surface area contributed by atoms with Gasteiger partial charge in [0.2, 0.25) is 10.0 Å². The molecule has 1 aromatic carbocycles. The number of allylic oxidation sites excluding steroid dienone is 1. The van der Waals surface area contributed by atoms with Gasteiger partial charge in [0.25, 0.3) is 0 Å². The fourth-order valence-electron chi connectivity index (χ4n) is 5.10. The summed E-state index contributed by atoms with van der Waals surface area (Å²) >= 11 is 7.40. The van der Waals surface area contributed by atoms with Crippen LogP contribution in [0, 0.1) is 23.0 Å². The third-order valence-electron chi connectivity index (χ3n) is 7.49. The summed E-state index contributed by atoms with van der Waals surface area (Å²) in [6.45, 7) is 8.26. The average molecular weight is 673 g/mol. The summed E-state index contributed by atoms with van der Waals surface area (Å²) < 4.78 is 62.8. The highest BCUT2D eigenvalue weighted by Gasteiger charge is 2.40. The number of nitrogens with zero attached hydrogens (tertiary/aromatic N) is 2. The van der Waals surface area contributed by atoms with E-state index < -0.39 is 66.8 Å². The van der Waals surface area contributed by atoms with Gasteiger partial charge in [0.05, 0.1) is 21.3 Å². The number of carbonyl (C=O) groups excluding carboxylic acids is 1. The highest BCUT2D eigenvalue weighted by Crippen LogP contribution is 2.42. The predicted molar refractivity (Wildman–Crippen MR) is 163 cm³/mol. The Morgan fingerprint density at radius 1 is 1.16 bits per heavy atom. The Bertz CT molecular complexity index is 1600. The molecule has 1 aliphatic carbocycles. The number of carboxylic acid groups (broad SMARTS) is 1. The topological polar surface area (TPSA) is 147 Å². The molecule has 0 saturated heterocycles. The van der Waals surface area contributed by atoms with E-state index in [0.717, 1.165) is 6.07 Å². The first-order valence-corrected chi connectivity index (χ1v) is 16.8. The highest BCUT2D eigenvalue weighted by atomic mass is 35.5. The van der Waals surface area contributed by atoms with Gasteiger partial charge < -0.3 is 15.2 Å². The molecule has 0 radical (unpaired) electrons. The van der Waals surface area contributed by atoms with Gasteiger partial charge in [0.15, 0.2) is 22.5 Å². The number of aromatic nitrogens is 1. The molecule has 44 heavy (non-hydrogen) atoms. The number of aliphatic imine (C=N–C) groups is 1. The van der Waals surface area contributed by atoms with Gasteiger partial charge in [-0.15, -0.1) is 11.3 Å². The molecule has 1 aliphatic heterocycles. The first-order chi connectivity index (χ1) is 20.4. The van der Waals surface area contributed by atoms with Crippen molar-refractivity contribution in [3.05, 3.63) is 62.2 Å². The van der Waals surface area contributed by atoms with Crippen LogP contribution in [-0.4, -0.2) is 53.7 Å². The summed E-state index contributed by atoms with van der Waals surface area (Å²) in [5.74, 6) is -4.52. The number of hydrogen-bond acceptors (Lipinski definition) is 9. The molecule has 2 aromatic rings. The molecule has 2 heterocycles.